The van der Waals surface area contributed by atoms with Gasteiger partial charge in [0.05, 0.1) is 12.4 Å². The van der Waals surface area contributed by atoms with Crippen LogP contribution in [-0.4, -0.2) is 15.0 Å². The van der Waals surface area contributed by atoms with Crippen molar-refractivity contribution in [3.05, 3.63) is 47.4 Å². The molecule has 0 unspecified atom stereocenters. The number of hydrogen-bond acceptors (Lipinski definition) is 4. The lowest BCUT2D eigenvalue weighted by Crippen LogP contribution is -2.12. The zero-order chi connectivity index (χ0) is 13.2. The number of aryl methyl sites for hydroxylation is 2. The van der Waals surface area contributed by atoms with Crippen molar-refractivity contribution in [1.82, 2.24) is 9.97 Å². The summed E-state index contributed by atoms with van der Waals surface area (Å²) in [5.41, 5.74) is 9.95. The van der Waals surface area contributed by atoms with Crippen LogP contribution in [0.2, 0.25) is 0 Å². The van der Waals surface area contributed by atoms with Crippen LogP contribution in [0, 0.1) is 0 Å². The van der Waals surface area contributed by atoms with Crippen molar-refractivity contribution in [2.45, 2.75) is 19.3 Å². The van der Waals surface area contributed by atoms with Crippen LogP contribution in [0.4, 0.5) is 11.5 Å². The number of hydrogen-bond donors (Lipinski definition) is 2. The largest absolute Gasteiger partial charge is 0.388 e. The van der Waals surface area contributed by atoms with Gasteiger partial charge in [-0.05, 0) is 42.5 Å². The molecule has 0 spiro atoms. The molecule has 0 radical (unpaired) electrons. The van der Waals surface area contributed by atoms with Gasteiger partial charge in [-0.15, -0.1) is 0 Å². The molecule has 1 aliphatic carbocycles. The molecule has 3 rings (SSSR count). The first-order valence-electron chi connectivity index (χ1n) is 6.23. The van der Waals surface area contributed by atoms with Crippen LogP contribution in [0.3, 0.4) is 0 Å². The first kappa shape index (κ1) is 12.0. The van der Waals surface area contributed by atoms with Gasteiger partial charge in [0.15, 0.2) is 0 Å². The molecule has 0 bridgehead atoms. The van der Waals surface area contributed by atoms with Crippen LogP contribution in [0.15, 0.2) is 30.6 Å². The summed E-state index contributed by atoms with van der Waals surface area (Å²) in [6.45, 7) is 0. The van der Waals surface area contributed by atoms with Crippen molar-refractivity contribution >= 4 is 28.7 Å². The quantitative estimate of drug-likeness (QED) is 0.838. The number of thiocarbonyl (C=S) groups is 1. The number of rotatable bonds is 3. The number of fused-ring (bicyclic) bond motifs is 1. The van der Waals surface area contributed by atoms with E-state index in [0.717, 1.165) is 12.1 Å². The lowest BCUT2D eigenvalue weighted by Gasteiger charge is -2.07. The highest BCUT2D eigenvalue weighted by atomic mass is 32.1. The van der Waals surface area contributed by atoms with Crippen molar-refractivity contribution in [2.24, 2.45) is 5.73 Å². The molecule has 1 aromatic heterocycles. The molecule has 0 atom stereocenters. The topological polar surface area (TPSA) is 63.8 Å². The molecular weight excluding hydrogens is 256 g/mol. The van der Waals surface area contributed by atoms with Crippen molar-refractivity contribution in [2.75, 3.05) is 5.32 Å². The fourth-order valence-corrected chi connectivity index (χ4v) is 2.42. The van der Waals surface area contributed by atoms with Crippen LogP contribution < -0.4 is 11.1 Å². The van der Waals surface area contributed by atoms with Gasteiger partial charge in [-0.1, -0.05) is 18.3 Å². The molecule has 0 saturated carbocycles. The molecule has 96 valence electrons. The van der Waals surface area contributed by atoms with Gasteiger partial charge in [0.2, 0.25) is 0 Å². The van der Waals surface area contributed by atoms with Crippen LogP contribution in [0.5, 0.6) is 0 Å². The van der Waals surface area contributed by atoms with Gasteiger partial charge in [-0.2, -0.15) is 0 Å². The Bertz CT molecular complexity index is 622. The van der Waals surface area contributed by atoms with Crippen molar-refractivity contribution < 1.29 is 0 Å². The molecule has 1 aliphatic rings. The van der Waals surface area contributed by atoms with E-state index in [4.69, 9.17) is 18.0 Å². The molecule has 2 aromatic rings. The number of nitrogens with zero attached hydrogens (tertiary/aromatic N) is 2. The van der Waals surface area contributed by atoms with Crippen molar-refractivity contribution in [1.29, 1.82) is 0 Å². The summed E-state index contributed by atoms with van der Waals surface area (Å²) in [4.78, 5) is 8.66. The minimum Gasteiger partial charge on any atom is -0.388 e. The van der Waals surface area contributed by atoms with E-state index in [1.807, 2.05) is 0 Å². The third kappa shape index (κ3) is 2.56. The molecular formula is C14H14N4S. The molecule has 0 saturated heterocycles. The average molecular weight is 270 g/mol. The summed E-state index contributed by atoms with van der Waals surface area (Å²) in [5.74, 6) is 0.693. The molecule has 0 fully saturated rings. The summed E-state index contributed by atoms with van der Waals surface area (Å²) in [7, 11) is 0. The molecule has 19 heavy (non-hydrogen) atoms. The van der Waals surface area contributed by atoms with Gasteiger partial charge in [0.25, 0.3) is 0 Å². The van der Waals surface area contributed by atoms with Crippen LogP contribution >= 0.6 is 12.2 Å². The van der Waals surface area contributed by atoms with Gasteiger partial charge in [-0.25, -0.2) is 9.97 Å². The molecule has 0 aliphatic heterocycles. The zero-order valence-corrected chi connectivity index (χ0v) is 11.2. The first-order chi connectivity index (χ1) is 9.22. The Morgan fingerprint density at radius 3 is 2.74 bits per heavy atom. The van der Waals surface area contributed by atoms with Crippen molar-refractivity contribution in [3.63, 3.8) is 0 Å². The number of nitrogens with one attached hydrogen (secondary N) is 1. The second-order valence-corrected chi connectivity index (χ2v) is 5.05. The first-order valence-corrected chi connectivity index (χ1v) is 6.64. The molecule has 1 aromatic carbocycles. The Morgan fingerprint density at radius 1 is 1.16 bits per heavy atom. The average Bonchev–Trinajstić information content (AvgIpc) is 2.87. The third-order valence-corrected chi connectivity index (χ3v) is 3.48. The predicted octanol–water partition coefficient (Wildman–Crippen LogP) is 2.34. The van der Waals surface area contributed by atoms with Crippen LogP contribution in [0.25, 0.3) is 0 Å². The second-order valence-electron chi connectivity index (χ2n) is 4.61. The van der Waals surface area contributed by atoms with E-state index in [0.29, 0.717) is 11.5 Å². The van der Waals surface area contributed by atoms with Crippen molar-refractivity contribution in [3.8, 4) is 0 Å². The maximum atomic E-state index is 5.49. The molecule has 1 heterocycles. The third-order valence-electron chi connectivity index (χ3n) is 3.28. The zero-order valence-electron chi connectivity index (χ0n) is 10.4. The Hall–Kier alpha value is -2.01. The van der Waals surface area contributed by atoms with E-state index in [2.05, 4.69) is 33.5 Å². The summed E-state index contributed by atoms with van der Waals surface area (Å²) >= 11 is 4.84. The Morgan fingerprint density at radius 2 is 2.00 bits per heavy atom. The van der Waals surface area contributed by atoms with Crippen LogP contribution in [0.1, 0.15) is 23.2 Å². The minimum atomic E-state index is 0.261. The summed E-state index contributed by atoms with van der Waals surface area (Å²) in [6.07, 6.45) is 6.83. The molecule has 0 amide bonds. The standard InChI is InChI=1S/C14H14N4S/c15-14(19)12-7-17-13(8-16-12)18-11-5-4-9-2-1-3-10(9)6-11/h4-8H,1-3H2,(H2,15,19)(H,17,18). The summed E-state index contributed by atoms with van der Waals surface area (Å²) in [6, 6.07) is 6.44. The van der Waals surface area contributed by atoms with E-state index in [9.17, 15) is 0 Å². The van der Waals surface area contributed by atoms with E-state index < -0.39 is 0 Å². The predicted molar refractivity (Wildman–Crippen MR) is 79.7 cm³/mol. The smallest absolute Gasteiger partial charge is 0.148 e. The normalized spacial score (nSPS) is 13.1. The van der Waals surface area contributed by atoms with Gasteiger partial charge in [0, 0.05) is 5.69 Å². The maximum absolute atomic E-state index is 5.49. The molecule has 5 heteroatoms. The SMILES string of the molecule is NC(=S)c1cnc(Nc2ccc3c(c2)CCC3)cn1. The highest BCUT2D eigenvalue weighted by Gasteiger charge is 2.10. The number of nitrogens with two attached hydrogens (primary N) is 1. The fraction of sp³-hybridized carbons (Fsp3) is 0.214. The number of anilines is 2. The minimum absolute atomic E-state index is 0.261. The second kappa shape index (κ2) is 4.93. The Balaban J connectivity index is 1.79. The lowest BCUT2D eigenvalue weighted by atomic mass is 10.1. The summed E-state index contributed by atoms with van der Waals surface area (Å²) < 4.78 is 0. The van der Waals surface area contributed by atoms with E-state index in [1.54, 1.807) is 12.4 Å². The summed E-state index contributed by atoms with van der Waals surface area (Å²) in [5, 5.41) is 3.24. The highest BCUT2D eigenvalue weighted by Crippen LogP contribution is 2.26. The maximum Gasteiger partial charge on any atom is 0.148 e. The number of aromatic nitrogens is 2. The highest BCUT2D eigenvalue weighted by molar-refractivity contribution is 7.80. The lowest BCUT2D eigenvalue weighted by molar-refractivity contribution is 0.912. The Labute approximate surface area is 117 Å². The van der Waals surface area contributed by atoms with Gasteiger partial charge < -0.3 is 11.1 Å². The van der Waals surface area contributed by atoms with E-state index >= 15 is 0 Å². The molecule has 3 N–H and O–H groups in total. The van der Waals surface area contributed by atoms with Crippen LogP contribution in [-0.2, 0) is 12.8 Å². The number of benzene rings is 1. The Kier molecular flexibility index (Phi) is 3.13. The monoisotopic (exact) mass is 270 g/mol. The van der Waals surface area contributed by atoms with Gasteiger partial charge in [0.1, 0.15) is 16.5 Å². The van der Waals surface area contributed by atoms with E-state index in [-0.39, 0.29) is 4.99 Å². The van der Waals surface area contributed by atoms with Gasteiger partial charge >= 0.3 is 0 Å². The van der Waals surface area contributed by atoms with E-state index in [1.165, 1.54) is 24.0 Å². The molecule has 4 nitrogen and oxygen atoms in total. The fourth-order valence-electron chi connectivity index (χ4n) is 2.32. The van der Waals surface area contributed by atoms with Gasteiger partial charge in [-0.3, -0.25) is 0 Å².